The maximum atomic E-state index is 12.9. The van der Waals surface area contributed by atoms with Gasteiger partial charge in [-0.3, -0.25) is 0 Å². The van der Waals surface area contributed by atoms with Crippen molar-refractivity contribution >= 4 is 17.4 Å². The summed E-state index contributed by atoms with van der Waals surface area (Å²) in [6, 6.07) is 8.01. The van der Waals surface area contributed by atoms with Crippen molar-refractivity contribution in [3.63, 3.8) is 0 Å². The average molecular weight is 306 g/mol. The van der Waals surface area contributed by atoms with Gasteiger partial charge in [-0.15, -0.1) is 11.3 Å². The monoisotopic (exact) mass is 306 g/mol. The average Bonchev–Trinajstić information content (AvgIpc) is 2.89. The molecule has 2 aromatic rings. The largest absolute Gasteiger partial charge is 0.333 e. The lowest BCUT2D eigenvalue weighted by atomic mass is 10.1. The Balaban J connectivity index is 1.95. The molecular weight excluding hydrogens is 287 g/mol. The number of rotatable bonds is 4. The van der Waals surface area contributed by atoms with Crippen LogP contribution in [0.3, 0.4) is 0 Å². The number of benzene rings is 1. The van der Waals surface area contributed by atoms with Gasteiger partial charge in [-0.2, -0.15) is 0 Å². The Morgan fingerprint density at radius 1 is 1.33 bits per heavy atom. The molecule has 0 aliphatic heterocycles. The van der Waals surface area contributed by atoms with Crippen LogP contribution >= 0.6 is 11.3 Å². The van der Waals surface area contributed by atoms with Crippen molar-refractivity contribution in [2.24, 2.45) is 0 Å². The molecule has 0 aliphatic carbocycles. The van der Waals surface area contributed by atoms with E-state index in [9.17, 15) is 9.18 Å². The first-order chi connectivity index (χ1) is 9.99. The number of nitrogens with one attached hydrogen (secondary N) is 1. The van der Waals surface area contributed by atoms with E-state index in [1.54, 1.807) is 35.4 Å². The van der Waals surface area contributed by atoms with Gasteiger partial charge < -0.3 is 10.2 Å². The molecule has 3 nitrogen and oxygen atoms in total. The van der Waals surface area contributed by atoms with Gasteiger partial charge in [0, 0.05) is 11.9 Å². The van der Waals surface area contributed by atoms with Gasteiger partial charge in [0.25, 0.3) is 0 Å². The summed E-state index contributed by atoms with van der Waals surface area (Å²) < 4.78 is 12.9. The topological polar surface area (TPSA) is 32.3 Å². The van der Waals surface area contributed by atoms with Crippen LogP contribution in [0, 0.1) is 12.7 Å². The third-order valence-electron chi connectivity index (χ3n) is 3.62. The van der Waals surface area contributed by atoms with Gasteiger partial charge in [-0.1, -0.05) is 12.1 Å². The number of carbonyl (C=O) groups excluding carboxylic acids is 1. The van der Waals surface area contributed by atoms with Gasteiger partial charge in [-0.05, 0) is 48.6 Å². The Bertz CT molecular complexity index is 609. The number of halogens is 1. The molecule has 0 bridgehead atoms. The first kappa shape index (κ1) is 15.5. The summed E-state index contributed by atoms with van der Waals surface area (Å²) in [6.45, 7) is 4.48. The van der Waals surface area contributed by atoms with E-state index in [2.05, 4.69) is 5.32 Å². The predicted molar refractivity (Wildman–Crippen MR) is 83.9 cm³/mol. The highest BCUT2D eigenvalue weighted by atomic mass is 32.1. The molecule has 0 radical (unpaired) electrons. The summed E-state index contributed by atoms with van der Waals surface area (Å²) in [7, 11) is 1.74. The van der Waals surface area contributed by atoms with E-state index >= 15 is 0 Å². The molecule has 112 valence electrons. The van der Waals surface area contributed by atoms with Crippen molar-refractivity contribution in [1.29, 1.82) is 0 Å². The van der Waals surface area contributed by atoms with E-state index in [0.717, 1.165) is 10.4 Å². The van der Waals surface area contributed by atoms with Crippen LogP contribution in [0.5, 0.6) is 0 Å². The number of carbonyl (C=O) groups is 1. The fraction of sp³-hybridized carbons (Fsp3) is 0.312. The maximum Gasteiger partial charge on any atom is 0.317 e. The fourth-order valence-electron chi connectivity index (χ4n) is 2.01. The van der Waals surface area contributed by atoms with Crippen LogP contribution in [0.25, 0.3) is 0 Å². The van der Waals surface area contributed by atoms with Crippen LogP contribution in [-0.2, 0) is 6.54 Å². The highest BCUT2D eigenvalue weighted by molar-refractivity contribution is 7.10. The number of hydrogen-bond acceptors (Lipinski definition) is 2. The van der Waals surface area contributed by atoms with Crippen LogP contribution in [0.4, 0.5) is 9.18 Å². The third kappa shape index (κ3) is 3.82. The lowest BCUT2D eigenvalue weighted by molar-refractivity contribution is 0.194. The molecule has 1 heterocycles. The molecule has 0 spiro atoms. The molecule has 2 amide bonds. The van der Waals surface area contributed by atoms with Crippen molar-refractivity contribution in [3.8, 4) is 0 Å². The first-order valence-electron chi connectivity index (χ1n) is 6.78. The molecule has 0 saturated heterocycles. The summed E-state index contributed by atoms with van der Waals surface area (Å²) in [4.78, 5) is 15.0. The standard InChI is InChI=1S/C16H19FN2OS/c1-11-8-9-21-15(11)10-18-16(20)19(3)12(2)13-4-6-14(17)7-5-13/h4-9,12H,10H2,1-3H3,(H,18,20). The minimum absolute atomic E-state index is 0.116. The number of thiophene rings is 1. The second-order valence-electron chi connectivity index (χ2n) is 5.02. The summed E-state index contributed by atoms with van der Waals surface area (Å²) in [5.41, 5.74) is 2.09. The van der Waals surface area contributed by atoms with Crippen molar-refractivity contribution in [1.82, 2.24) is 10.2 Å². The number of urea groups is 1. The summed E-state index contributed by atoms with van der Waals surface area (Å²) >= 11 is 1.63. The van der Waals surface area contributed by atoms with Crippen LogP contribution in [0.2, 0.25) is 0 Å². The molecule has 1 unspecified atom stereocenters. The zero-order valence-electron chi connectivity index (χ0n) is 12.4. The second-order valence-corrected chi connectivity index (χ2v) is 6.02. The zero-order chi connectivity index (χ0) is 15.4. The molecule has 1 aromatic carbocycles. The van der Waals surface area contributed by atoms with E-state index in [4.69, 9.17) is 0 Å². The Kier molecular flexibility index (Phi) is 4.96. The highest BCUT2D eigenvalue weighted by Gasteiger charge is 2.17. The van der Waals surface area contributed by atoms with Crippen LogP contribution in [-0.4, -0.2) is 18.0 Å². The molecule has 1 atom stereocenters. The summed E-state index contributed by atoms with van der Waals surface area (Å²) in [5, 5.41) is 4.93. The number of nitrogens with zero attached hydrogens (tertiary/aromatic N) is 1. The quantitative estimate of drug-likeness (QED) is 0.906. The van der Waals surface area contributed by atoms with Crippen molar-refractivity contribution < 1.29 is 9.18 Å². The van der Waals surface area contributed by atoms with E-state index in [0.29, 0.717) is 6.54 Å². The normalized spacial score (nSPS) is 12.0. The molecule has 0 aliphatic rings. The highest BCUT2D eigenvalue weighted by Crippen LogP contribution is 2.19. The molecule has 2 rings (SSSR count). The smallest absolute Gasteiger partial charge is 0.317 e. The van der Waals surface area contributed by atoms with E-state index in [-0.39, 0.29) is 17.9 Å². The number of aryl methyl sites for hydroxylation is 1. The van der Waals surface area contributed by atoms with Crippen LogP contribution < -0.4 is 5.32 Å². The van der Waals surface area contributed by atoms with Gasteiger partial charge in [0.05, 0.1) is 12.6 Å². The Morgan fingerprint density at radius 3 is 2.57 bits per heavy atom. The van der Waals surface area contributed by atoms with E-state index in [1.165, 1.54) is 17.7 Å². The first-order valence-corrected chi connectivity index (χ1v) is 7.66. The molecule has 0 fully saturated rings. The van der Waals surface area contributed by atoms with Crippen molar-refractivity contribution in [2.75, 3.05) is 7.05 Å². The minimum atomic E-state index is -0.272. The minimum Gasteiger partial charge on any atom is -0.333 e. The Hall–Kier alpha value is -1.88. The lowest BCUT2D eigenvalue weighted by Gasteiger charge is -2.25. The molecular formula is C16H19FN2OS. The lowest BCUT2D eigenvalue weighted by Crippen LogP contribution is -2.38. The van der Waals surface area contributed by atoms with E-state index in [1.807, 2.05) is 25.3 Å². The Labute approximate surface area is 128 Å². The zero-order valence-corrected chi connectivity index (χ0v) is 13.2. The molecule has 0 saturated carbocycles. The predicted octanol–water partition coefficient (Wildman–Crippen LogP) is 4.10. The second kappa shape index (κ2) is 6.72. The Morgan fingerprint density at radius 2 is 2.00 bits per heavy atom. The van der Waals surface area contributed by atoms with Crippen LogP contribution in [0.1, 0.15) is 29.0 Å². The fourth-order valence-corrected chi connectivity index (χ4v) is 2.85. The molecule has 1 aromatic heterocycles. The number of hydrogen-bond donors (Lipinski definition) is 1. The van der Waals surface area contributed by atoms with Crippen molar-refractivity contribution in [2.45, 2.75) is 26.4 Å². The van der Waals surface area contributed by atoms with E-state index < -0.39 is 0 Å². The van der Waals surface area contributed by atoms with Gasteiger partial charge in [0.1, 0.15) is 5.82 Å². The maximum absolute atomic E-state index is 12.9. The molecule has 21 heavy (non-hydrogen) atoms. The summed E-state index contributed by atoms with van der Waals surface area (Å²) in [6.07, 6.45) is 0. The number of amides is 2. The molecule has 1 N–H and O–H groups in total. The van der Waals surface area contributed by atoms with Crippen molar-refractivity contribution in [3.05, 3.63) is 57.5 Å². The SMILES string of the molecule is Cc1ccsc1CNC(=O)N(C)C(C)c1ccc(F)cc1. The third-order valence-corrected chi connectivity index (χ3v) is 4.65. The van der Waals surface area contributed by atoms with Gasteiger partial charge in [0.2, 0.25) is 0 Å². The van der Waals surface area contributed by atoms with Gasteiger partial charge in [0.15, 0.2) is 0 Å². The molecule has 5 heteroatoms. The summed E-state index contributed by atoms with van der Waals surface area (Å²) in [5.74, 6) is -0.272. The van der Waals surface area contributed by atoms with Gasteiger partial charge >= 0.3 is 6.03 Å². The van der Waals surface area contributed by atoms with Crippen LogP contribution in [0.15, 0.2) is 35.7 Å². The van der Waals surface area contributed by atoms with Gasteiger partial charge in [-0.25, -0.2) is 9.18 Å².